The molecule has 2 nitrogen and oxygen atoms in total. The van der Waals surface area contributed by atoms with Gasteiger partial charge >= 0.3 is 0 Å². The molecule has 1 rings (SSSR count). The van der Waals surface area contributed by atoms with Gasteiger partial charge in [0.2, 0.25) is 0 Å². The summed E-state index contributed by atoms with van der Waals surface area (Å²) < 4.78 is 4.94. The lowest BCUT2D eigenvalue weighted by molar-refractivity contribution is -0.114. The van der Waals surface area contributed by atoms with Crippen molar-refractivity contribution >= 4 is 5.78 Å². The van der Waals surface area contributed by atoms with Crippen LogP contribution in [0.3, 0.4) is 0 Å². The fraction of sp³-hybridized carbons (Fsp3) is 0.857. The number of hydrogen-bond donors (Lipinski definition) is 0. The molecular formula is C7H14O2. The lowest BCUT2D eigenvalue weighted by atomic mass is 10.4. The Hall–Kier alpha value is -0.370. The van der Waals surface area contributed by atoms with E-state index in [4.69, 9.17) is 4.74 Å². The van der Waals surface area contributed by atoms with Gasteiger partial charge in [-0.2, -0.15) is 0 Å². The van der Waals surface area contributed by atoms with Gasteiger partial charge in [0, 0.05) is 13.2 Å². The van der Waals surface area contributed by atoms with Crippen molar-refractivity contribution in [1.82, 2.24) is 0 Å². The molecule has 0 aliphatic carbocycles. The molecule has 0 aromatic rings. The van der Waals surface area contributed by atoms with E-state index in [-0.39, 0.29) is 5.78 Å². The maximum absolute atomic E-state index is 9.44. The van der Waals surface area contributed by atoms with Crippen molar-refractivity contribution in [3.05, 3.63) is 0 Å². The highest BCUT2D eigenvalue weighted by Crippen LogP contribution is 1.98. The Morgan fingerprint density at radius 3 is 1.67 bits per heavy atom. The van der Waals surface area contributed by atoms with Gasteiger partial charge in [0.05, 0.1) is 0 Å². The Balaban J connectivity index is 0.000000148. The summed E-state index contributed by atoms with van der Waals surface area (Å²) in [6.07, 6.45) is 2.56. The second-order valence-corrected chi connectivity index (χ2v) is 2.23. The van der Waals surface area contributed by atoms with Crippen LogP contribution in [-0.4, -0.2) is 19.0 Å². The summed E-state index contributed by atoms with van der Waals surface area (Å²) in [5, 5.41) is 0. The molecular weight excluding hydrogens is 116 g/mol. The molecule has 1 heterocycles. The average Bonchev–Trinajstić information content (AvgIpc) is 2.11. The van der Waals surface area contributed by atoms with Crippen molar-refractivity contribution in [3.63, 3.8) is 0 Å². The quantitative estimate of drug-likeness (QED) is 0.495. The number of rotatable bonds is 0. The zero-order valence-electron chi connectivity index (χ0n) is 6.14. The summed E-state index contributed by atoms with van der Waals surface area (Å²) >= 11 is 0. The summed E-state index contributed by atoms with van der Waals surface area (Å²) in [5.41, 5.74) is 0. The van der Waals surface area contributed by atoms with Crippen molar-refractivity contribution in [1.29, 1.82) is 0 Å². The molecule has 1 aliphatic heterocycles. The number of ketones is 1. The van der Waals surface area contributed by atoms with Gasteiger partial charge in [-0.05, 0) is 26.7 Å². The number of ether oxygens (including phenoxy) is 1. The Bertz CT molecular complexity index is 63.4. The van der Waals surface area contributed by atoms with Gasteiger partial charge in [-0.25, -0.2) is 0 Å². The smallest absolute Gasteiger partial charge is 0.126 e. The van der Waals surface area contributed by atoms with Gasteiger partial charge in [-0.1, -0.05) is 0 Å². The van der Waals surface area contributed by atoms with Crippen molar-refractivity contribution < 1.29 is 9.53 Å². The highest BCUT2D eigenvalue weighted by molar-refractivity contribution is 5.72. The third-order valence-corrected chi connectivity index (χ3v) is 0.827. The number of hydrogen-bond acceptors (Lipinski definition) is 2. The molecule has 1 fully saturated rings. The molecule has 0 radical (unpaired) electrons. The van der Waals surface area contributed by atoms with Crippen LogP contribution in [-0.2, 0) is 9.53 Å². The molecule has 0 bridgehead atoms. The standard InChI is InChI=1S/C4H8O.C3H6O/c1-2-4-5-3-1;1-3(2)4/h1-4H2;1-2H3. The van der Waals surface area contributed by atoms with E-state index in [9.17, 15) is 4.79 Å². The van der Waals surface area contributed by atoms with Crippen LogP contribution >= 0.6 is 0 Å². The molecule has 9 heavy (non-hydrogen) atoms. The van der Waals surface area contributed by atoms with E-state index in [2.05, 4.69) is 0 Å². The lowest BCUT2D eigenvalue weighted by Gasteiger charge is -1.76. The fourth-order valence-electron chi connectivity index (χ4n) is 0.510. The third-order valence-electron chi connectivity index (χ3n) is 0.827. The first kappa shape index (κ1) is 8.63. The van der Waals surface area contributed by atoms with Crippen LogP contribution in [0.25, 0.3) is 0 Å². The molecule has 54 valence electrons. The van der Waals surface area contributed by atoms with E-state index in [1.807, 2.05) is 0 Å². The van der Waals surface area contributed by atoms with E-state index in [0.717, 1.165) is 13.2 Å². The lowest BCUT2D eigenvalue weighted by Crippen LogP contribution is -1.74. The molecule has 0 spiro atoms. The molecule has 2 heteroatoms. The normalized spacial score (nSPS) is 16.2. The van der Waals surface area contributed by atoms with E-state index in [1.54, 1.807) is 0 Å². The van der Waals surface area contributed by atoms with E-state index >= 15 is 0 Å². The SMILES string of the molecule is C1CCOC1.CC(C)=O. The zero-order chi connectivity index (χ0) is 7.11. The summed E-state index contributed by atoms with van der Waals surface area (Å²) in [5.74, 6) is 0.167. The molecule has 1 saturated heterocycles. The molecule has 0 aromatic heterocycles. The number of carbonyl (C=O) groups is 1. The second-order valence-electron chi connectivity index (χ2n) is 2.23. The van der Waals surface area contributed by atoms with Gasteiger partial charge in [0.25, 0.3) is 0 Å². The first-order valence-corrected chi connectivity index (χ1v) is 3.28. The van der Waals surface area contributed by atoms with Gasteiger partial charge in [0.15, 0.2) is 0 Å². The van der Waals surface area contributed by atoms with Gasteiger partial charge in [0.1, 0.15) is 5.78 Å². The Labute approximate surface area is 56.2 Å². The van der Waals surface area contributed by atoms with Crippen LogP contribution in [0.15, 0.2) is 0 Å². The van der Waals surface area contributed by atoms with E-state index in [1.165, 1.54) is 26.7 Å². The maximum atomic E-state index is 9.44. The summed E-state index contributed by atoms with van der Waals surface area (Å²) in [4.78, 5) is 9.44. The minimum atomic E-state index is 0.167. The highest BCUT2D eigenvalue weighted by Gasteiger charge is 1.94. The minimum Gasteiger partial charge on any atom is -0.381 e. The van der Waals surface area contributed by atoms with Crippen molar-refractivity contribution in [3.8, 4) is 0 Å². The van der Waals surface area contributed by atoms with Crippen LogP contribution in [0.1, 0.15) is 26.7 Å². The van der Waals surface area contributed by atoms with E-state index in [0.29, 0.717) is 0 Å². The predicted molar refractivity (Wildman–Crippen MR) is 36.4 cm³/mol. The third kappa shape index (κ3) is 11.3. The molecule has 1 aliphatic rings. The van der Waals surface area contributed by atoms with Crippen molar-refractivity contribution in [2.45, 2.75) is 26.7 Å². The maximum Gasteiger partial charge on any atom is 0.126 e. The highest BCUT2D eigenvalue weighted by atomic mass is 16.5. The summed E-state index contributed by atoms with van der Waals surface area (Å²) in [7, 11) is 0. The molecule has 0 N–H and O–H groups in total. The first-order valence-electron chi connectivity index (χ1n) is 3.28. The molecule has 0 saturated carbocycles. The molecule has 0 aromatic carbocycles. The second kappa shape index (κ2) is 5.76. The number of carbonyl (C=O) groups excluding carboxylic acids is 1. The van der Waals surface area contributed by atoms with Crippen LogP contribution in [0.2, 0.25) is 0 Å². The van der Waals surface area contributed by atoms with Gasteiger partial charge in [-0.3, -0.25) is 0 Å². The first-order chi connectivity index (χ1) is 4.23. The molecule has 0 unspecified atom stereocenters. The van der Waals surface area contributed by atoms with Crippen molar-refractivity contribution in [2.75, 3.05) is 13.2 Å². The Morgan fingerprint density at radius 2 is 1.56 bits per heavy atom. The van der Waals surface area contributed by atoms with Crippen LogP contribution < -0.4 is 0 Å². The van der Waals surface area contributed by atoms with Gasteiger partial charge < -0.3 is 9.53 Å². The Morgan fingerprint density at radius 1 is 1.22 bits per heavy atom. The largest absolute Gasteiger partial charge is 0.381 e. The Kier molecular flexibility index (Phi) is 5.52. The molecule has 0 amide bonds. The van der Waals surface area contributed by atoms with Gasteiger partial charge in [-0.15, -0.1) is 0 Å². The van der Waals surface area contributed by atoms with Crippen LogP contribution in [0, 0.1) is 0 Å². The zero-order valence-corrected chi connectivity index (χ0v) is 6.14. The monoisotopic (exact) mass is 130 g/mol. The average molecular weight is 130 g/mol. The van der Waals surface area contributed by atoms with Crippen molar-refractivity contribution in [2.24, 2.45) is 0 Å². The van der Waals surface area contributed by atoms with E-state index < -0.39 is 0 Å². The summed E-state index contributed by atoms with van der Waals surface area (Å²) in [6, 6.07) is 0. The van der Waals surface area contributed by atoms with Crippen LogP contribution in [0.4, 0.5) is 0 Å². The fourth-order valence-corrected chi connectivity index (χ4v) is 0.510. The molecule has 0 atom stereocenters. The topological polar surface area (TPSA) is 26.3 Å². The minimum absolute atomic E-state index is 0.167. The summed E-state index contributed by atoms with van der Waals surface area (Å²) in [6.45, 7) is 5.06. The van der Waals surface area contributed by atoms with Crippen LogP contribution in [0.5, 0.6) is 0 Å². The number of Topliss-reactive ketones (excluding diaryl/α,β-unsaturated/α-hetero) is 1. The predicted octanol–water partition coefficient (Wildman–Crippen LogP) is 1.39.